The van der Waals surface area contributed by atoms with Crippen LogP contribution in [0.4, 0.5) is 5.69 Å². The zero-order valence-corrected chi connectivity index (χ0v) is 20.3. The zero-order valence-electron chi connectivity index (χ0n) is 20.3. The molecule has 0 aliphatic heterocycles. The Balaban J connectivity index is 2.02. The fraction of sp³-hybridized carbons (Fsp3) is 0.519. The van der Waals surface area contributed by atoms with Gasteiger partial charge in [0.1, 0.15) is 5.56 Å². The molecular formula is C27H36N2O4. The summed E-state index contributed by atoms with van der Waals surface area (Å²) in [6.45, 7) is 7.99. The summed E-state index contributed by atoms with van der Waals surface area (Å²) < 4.78 is 7.15. The second-order valence-corrected chi connectivity index (χ2v) is 9.05. The van der Waals surface area contributed by atoms with E-state index in [0.717, 1.165) is 48.9 Å². The number of benzene rings is 1. The molecule has 33 heavy (non-hydrogen) atoms. The van der Waals surface area contributed by atoms with Crippen molar-refractivity contribution in [1.82, 2.24) is 4.57 Å². The summed E-state index contributed by atoms with van der Waals surface area (Å²) in [6.07, 6.45) is 8.44. The molecule has 0 radical (unpaired) electrons. The summed E-state index contributed by atoms with van der Waals surface area (Å²) >= 11 is 0. The first kappa shape index (κ1) is 24.7. The molecule has 1 aromatic carbocycles. The number of esters is 1. The Kier molecular flexibility index (Phi) is 8.48. The Bertz CT molecular complexity index is 1060. The number of hydrogen-bond acceptors (Lipinski definition) is 4. The number of carbonyl (C=O) groups is 2. The van der Waals surface area contributed by atoms with E-state index in [0.29, 0.717) is 18.2 Å². The number of nitrogens with one attached hydrogen (secondary N) is 1. The topological polar surface area (TPSA) is 77.4 Å². The monoisotopic (exact) mass is 452 g/mol. The lowest BCUT2D eigenvalue weighted by molar-refractivity contribution is -0.131. The minimum Gasteiger partial charge on any atom is -0.424 e. The van der Waals surface area contributed by atoms with Crippen molar-refractivity contribution in [2.45, 2.75) is 85.6 Å². The van der Waals surface area contributed by atoms with E-state index in [4.69, 9.17) is 4.74 Å². The largest absolute Gasteiger partial charge is 0.424 e. The molecule has 1 aliphatic rings. The van der Waals surface area contributed by atoms with Crippen molar-refractivity contribution < 1.29 is 14.3 Å². The molecule has 0 atom stereocenters. The highest BCUT2D eigenvalue weighted by molar-refractivity contribution is 6.05. The van der Waals surface area contributed by atoms with Crippen LogP contribution in [0.25, 0.3) is 0 Å². The number of aryl methyl sites for hydroxylation is 2. The van der Waals surface area contributed by atoms with E-state index >= 15 is 0 Å². The Morgan fingerprint density at radius 3 is 2.52 bits per heavy atom. The number of aromatic nitrogens is 1. The molecule has 2 aromatic rings. The predicted octanol–water partition coefficient (Wildman–Crippen LogP) is 5.43. The van der Waals surface area contributed by atoms with Crippen molar-refractivity contribution in [2.24, 2.45) is 5.92 Å². The highest BCUT2D eigenvalue weighted by Gasteiger charge is 2.23. The SMILES string of the molecule is CCCc1c(CC)cc(C(=O)Nc2c(C)cccc2OC(C)=O)c(=O)n1CC1CCCCC1. The van der Waals surface area contributed by atoms with E-state index in [-0.39, 0.29) is 16.9 Å². The Labute approximate surface area is 196 Å². The third-order valence-corrected chi connectivity index (χ3v) is 6.50. The van der Waals surface area contributed by atoms with Gasteiger partial charge in [0.25, 0.3) is 11.5 Å². The normalized spacial score (nSPS) is 14.2. The molecule has 1 heterocycles. The van der Waals surface area contributed by atoms with Gasteiger partial charge >= 0.3 is 5.97 Å². The standard InChI is InChI=1S/C27H36N2O4/c1-5-11-23-21(6-2)16-22(27(32)29(23)17-20-13-8-7-9-14-20)26(31)28-25-18(3)12-10-15-24(25)33-19(4)30/h10,12,15-16,20H,5-9,11,13-14,17H2,1-4H3,(H,28,31). The van der Waals surface area contributed by atoms with E-state index in [1.807, 2.05) is 17.6 Å². The van der Waals surface area contributed by atoms with Gasteiger partial charge < -0.3 is 14.6 Å². The molecule has 1 fully saturated rings. The van der Waals surface area contributed by atoms with E-state index in [1.54, 1.807) is 18.2 Å². The quantitative estimate of drug-likeness (QED) is 0.428. The van der Waals surface area contributed by atoms with E-state index in [1.165, 1.54) is 26.2 Å². The van der Waals surface area contributed by atoms with Crippen molar-refractivity contribution in [3.8, 4) is 5.75 Å². The van der Waals surface area contributed by atoms with Crippen LogP contribution < -0.4 is 15.6 Å². The first-order valence-corrected chi connectivity index (χ1v) is 12.2. The average Bonchev–Trinajstić information content (AvgIpc) is 2.79. The fourth-order valence-electron chi connectivity index (χ4n) is 4.80. The molecule has 1 aliphatic carbocycles. The van der Waals surface area contributed by atoms with Crippen LogP contribution in [0, 0.1) is 12.8 Å². The average molecular weight is 453 g/mol. The first-order valence-electron chi connectivity index (χ1n) is 12.2. The number of rotatable bonds is 8. The maximum atomic E-state index is 13.6. The summed E-state index contributed by atoms with van der Waals surface area (Å²) in [6, 6.07) is 6.97. The minimum atomic E-state index is -0.474. The number of pyridine rings is 1. The number of hydrogen-bond donors (Lipinski definition) is 1. The molecule has 1 saturated carbocycles. The van der Waals surface area contributed by atoms with Gasteiger partial charge in [0, 0.05) is 19.2 Å². The molecule has 6 nitrogen and oxygen atoms in total. The second-order valence-electron chi connectivity index (χ2n) is 9.05. The molecular weight excluding hydrogens is 416 g/mol. The molecule has 0 bridgehead atoms. The van der Waals surface area contributed by atoms with Crippen LogP contribution in [0.5, 0.6) is 5.75 Å². The van der Waals surface area contributed by atoms with Gasteiger partial charge in [-0.15, -0.1) is 0 Å². The molecule has 1 aromatic heterocycles. The Morgan fingerprint density at radius 1 is 1.15 bits per heavy atom. The van der Waals surface area contributed by atoms with Crippen LogP contribution in [0.15, 0.2) is 29.1 Å². The number of amides is 1. The maximum Gasteiger partial charge on any atom is 0.308 e. The van der Waals surface area contributed by atoms with Crippen LogP contribution in [-0.4, -0.2) is 16.4 Å². The van der Waals surface area contributed by atoms with Gasteiger partial charge in [0.05, 0.1) is 5.69 Å². The van der Waals surface area contributed by atoms with Gasteiger partial charge in [-0.2, -0.15) is 0 Å². The number of para-hydroxylation sites is 1. The smallest absolute Gasteiger partial charge is 0.308 e. The molecule has 1 amide bonds. The van der Waals surface area contributed by atoms with E-state index in [9.17, 15) is 14.4 Å². The summed E-state index contributed by atoms with van der Waals surface area (Å²) in [5.74, 6) is -0.195. The van der Waals surface area contributed by atoms with E-state index in [2.05, 4.69) is 19.2 Å². The van der Waals surface area contributed by atoms with Gasteiger partial charge in [-0.05, 0) is 61.8 Å². The highest BCUT2D eigenvalue weighted by Crippen LogP contribution is 2.29. The highest BCUT2D eigenvalue weighted by atomic mass is 16.5. The summed E-state index contributed by atoms with van der Waals surface area (Å²) in [5, 5.41) is 2.85. The number of anilines is 1. The number of ether oxygens (including phenoxy) is 1. The zero-order chi connectivity index (χ0) is 24.0. The van der Waals surface area contributed by atoms with Crippen molar-refractivity contribution >= 4 is 17.6 Å². The number of nitrogens with zero attached hydrogens (tertiary/aromatic N) is 1. The summed E-state index contributed by atoms with van der Waals surface area (Å²) in [5.41, 5.74) is 3.17. The van der Waals surface area contributed by atoms with Gasteiger partial charge in [0.15, 0.2) is 5.75 Å². The lowest BCUT2D eigenvalue weighted by atomic mass is 9.89. The molecule has 0 spiro atoms. The van der Waals surface area contributed by atoms with Crippen molar-refractivity contribution in [1.29, 1.82) is 0 Å². The first-order chi connectivity index (χ1) is 15.8. The second kappa shape index (κ2) is 11.3. The van der Waals surface area contributed by atoms with Crippen LogP contribution >= 0.6 is 0 Å². The van der Waals surface area contributed by atoms with Crippen LogP contribution in [0.3, 0.4) is 0 Å². The van der Waals surface area contributed by atoms with Crippen LogP contribution in [0.2, 0.25) is 0 Å². The lowest BCUT2D eigenvalue weighted by Crippen LogP contribution is -2.34. The summed E-state index contributed by atoms with van der Waals surface area (Å²) in [4.78, 5) is 38.5. The van der Waals surface area contributed by atoms with Crippen molar-refractivity contribution in [3.05, 3.63) is 57.0 Å². The molecule has 3 rings (SSSR count). The maximum absolute atomic E-state index is 13.6. The molecule has 178 valence electrons. The Morgan fingerprint density at radius 2 is 1.88 bits per heavy atom. The third-order valence-electron chi connectivity index (χ3n) is 6.50. The third kappa shape index (κ3) is 5.92. The molecule has 0 unspecified atom stereocenters. The Hall–Kier alpha value is -2.89. The van der Waals surface area contributed by atoms with Crippen molar-refractivity contribution in [3.63, 3.8) is 0 Å². The minimum absolute atomic E-state index is 0.138. The predicted molar refractivity (Wildman–Crippen MR) is 131 cm³/mol. The fourth-order valence-corrected chi connectivity index (χ4v) is 4.80. The van der Waals surface area contributed by atoms with Gasteiger partial charge in [-0.3, -0.25) is 14.4 Å². The molecule has 0 saturated heterocycles. The van der Waals surface area contributed by atoms with Crippen LogP contribution in [0.1, 0.15) is 86.5 Å². The van der Waals surface area contributed by atoms with Crippen molar-refractivity contribution in [2.75, 3.05) is 5.32 Å². The summed E-state index contributed by atoms with van der Waals surface area (Å²) in [7, 11) is 0. The molecule has 1 N–H and O–H groups in total. The van der Waals surface area contributed by atoms with Crippen LogP contribution in [-0.2, 0) is 24.2 Å². The lowest BCUT2D eigenvalue weighted by Gasteiger charge is -2.26. The molecule has 6 heteroatoms. The van der Waals surface area contributed by atoms with Gasteiger partial charge in [-0.25, -0.2) is 0 Å². The van der Waals surface area contributed by atoms with Gasteiger partial charge in [0.2, 0.25) is 0 Å². The number of carbonyl (C=O) groups excluding carboxylic acids is 2. The van der Waals surface area contributed by atoms with E-state index < -0.39 is 11.9 Å². The van der Waals surface area contributed by atoms with Gasteiger partial charge in [-0.1, -0.05) is 51.7 Å².